The van der Waals surface area contributed by atoms with E-state index >= 15 is 0 Å². The maximum atomic E-state index is 5.55. The molecule has 2 nitrogen and oxygen atoms in total. The van der Waals surface area contributed by atoms with E-state index in [0.29, 0.717) is 0 Å². The molecule has 1 aliphatic carbocycles. The van der Waals surface area contributed by atoms with Gasteiger partial charge in [-0.15, -0.1) is 0 Å². The second kappa shape index (κ2) is 4.43. The molecule has 76 valence electrons. The summed E-state index contributed by atoms with van der Waals surface area (Å²) in [6.45, 7) is 5.30. The summed E-state index contributed by atoms with van der Waals surface area (Å²) in [5.74, 6) is 1.76. The molecule has 0 radical (unpaired) electrons. The van der Waals surface area contributed by atoms with Crippen LogP contribution in [0.3, 0.4) is 0 Å². The zero-order valence-corrected chi connectivity index (χ0v) is 8.59. The van der Waals surface area contributed by atoms with E-state index in [1.54, 1.807) is 0 Å². The first-order chi connectivity index (χ1) is 6.42. The van der Waals surface area contributed by atoms with Gasteiger partial charge in [0.15, 0.2) is 0 Å². The van der Waals surface area contributed by atoms with Crippen molar-refractivity contribution in [2.75, 3.05) is 19.8 Å². The molecule has 2 unspecified atom stereocenters. The molecule has 0 amide bonds. The predicted molar refractivity (Wildman–Crippen MR) is 53.7 cm³/mol. The highest BCUT2D eigenvalue weighted by molar-refractivity contribution is 4.91. The largest absolute Gasteiger partial charge is 0.381 e. The van der Waals surface area contributed by atoms with E-state index < -0.39 is 0 Å². The van der Waals surface area contributed by atoms with E-state index in [-0.39, 0.29) is 0 Å². The summed E-state index contributed by atoms with van der Waals surface area (Å²) >= 11 is 0. The second-order valence-corrected chi connectivity index (χ2v) is 4.40. The fourth-order valence-electron chi connectivity index (χ4n) is 2.46. The van der Waals surface area contributed by atoms with Crippen LogP contribution >= 0.6 is 0 Å². The molecule has 2 aliphatic rings. The van der Waals surface area contributed by atoms with Crippen LogP contribution in [0.4, 0.5) is 0 Å². The monoisotopic (exact) mass is 183 g/mol. The fraction of sp³-hybridized carbons (Fsp3) is 1.00. The van der Waals surface area contributed by atoms with Crippen molar-refractivity contribution in [3.63, 3.8) is 0 Å². The minimum absolute atomic E-state index is 0.755. The van der Waals surface area contributed by atoms with Gasteiger partial charge in [-0.05, 0) is 44.1 Å². The number of nitrogens with one attached hydrogen (secondary N) is 1. The average molecular weight is 183 g/mol. The van der Waals surface area contributed by atoms with Crippen LogP contribution in [0.5, 0.6) is 0 Å². The highest BCUT2D eigenvalue weighted by Gasteiger charge is 2.36. The molecular weight excluding hydrogens is 162 g/mol. The lowest BCUT2D eigenvalue weighted by Gasteiger charge is -2.30. The Morgan fingerprint density at radius 2 is 2.15 bits per heavy atom. The van der Waals surface area contributed by atoms with Gasteiger partial charge in [0.1, 0.15) is 0 Å². The van der Waals surface area contributed by atoms with Crippen molar-refractivity contribution in [2.45, 2.75) is 38.6 Å². The van der Waals surface area contributed by atoms with Crippen molar-refractivity contribution in [2.24, 2.45) is 11.8 Å². The fourth-order valence-corrected chi connectivity index (χ4v) is 2.46. The van der Waals surface area contributed by atoms with Crippen LogP contribution in [0, 0.1) is 11.8 Å². The first kappa shape index (κ1) is 9.47. The Kier molecular flexibility index (Phi) is 3.23. The Labute approximate surface area is 81.0 Å². The highest BCUT2D eigenvalue weighted by atomic mass is 16.5. The summed E-state index contributed by atoms with van der Waals surface area (Å²) in [5.41, 5.74) is 0. The topological polar surface area (TPSA) is 21.3 Å². The lowest BCUT2D eigenvalue weighted by molar-refractivity contribution is 0.0360. The predicted octanol–water partition coefficient (Wildman–Crippen LogP) is 1.80. The van der Waals surface area contributed by atoms with Crippen LogP contribution in [0.1, 0.15) is 32.6 Å². The van der Waals surface area contributed by atoms with Gasteiger partial charge in [0.2, 0.25) is 0 Å². The molecule has 0 bridgehead atoms. The summed E-state index contributed by atoms with van der Waals surface area (Å²) in [6, 6.07) is 0.755. The SMILES string of the molecule is CCNC(C1CC1)C1CCCOC1. The molecule has 1 saturated heterocycles. The summed E-state index contributed by atoms with van der Waals surface area (Å²) in [7, 11) is 0. The first-order valence-corrected chi connectivity index (χ1v) is 5.73. The van der Waals surface area contributed by atoms with E-state index in [1.165, 1.54) is 25.7 Å². The lowest BCUT2D eigenvalue weighted by atomic mass is 9.90. The van der Waals surface area contributed by atoms with E-state index in [1.807, 2.05) is 0 Å². The van der Waals surface area contributed by atoms with Crippen LogP contribution < -0.4 is 5.32 Å². The Hall–Kier alpha value is -0.0800. The quantitative estimate of drug-likeness (QED) is 0.717. The van der Waals surface area contributed by atoms with Gasteiger partial charge >= 0.3 is 0 Å². The maximum Gasteiger partial charge on any atom is 0.0509 e. The van der Waals surface area contributed by atoms with E-state index in [4.69, 9.17) is 4.74 Å². The molecule has 13 heavy (non-hydrogen) atoms. The highest BCUT2D eigenvalue weighted by Crippen LogP contribution is 2.37. The Bertz CT molecular complexity index is 150. The lowest BCUT2D eigenvalue weighted by Crippen LogP contribution is -2.41. The van der Waals surface area contributed by atoms with Gasteiger partial charge in [0, 0.05) is 12.6 Å². The minimum Gasteiger partial charge on any atom is -0.381 e. The van der Waals surface area contributed by atoms with Crippen LogP contribution in [0.15, 0.2) is 0 Å². The zero-order chi connectivity index (χ0) is 9.10. The summed E-state index contributed by atoms with van der Waals surface area (Å²) in [6.07, 6.45) is 5.51. The van der Waals surface area contributed by atoms with Crippen LogP contribution in [0.25, 0.3) is 0 Å². The molecule has 0 aromatic rings. The zero-order valence-electron chi connectivity index (χ0n) is 8.59. The summed E-state index contributed by atoms with van der Waals surface area (Å²) in [4.78, 5) is 0. The molecule has 1 N–H and O–H groups in total. The molecular formula is C11H21NO. The Morgan fingerprint density at radius 3 is 2.69 bits per heavy atom. The van der Waals surface area contributed by atoms with Crippen molar-refractivity contribution in [3.05, 3.63) is 0 Å². The first-order valence-electron chi connectivity index (χ1n) is 5.73. The molecule has 1 aliphatic heterocycles. The molecule has 2 heteroatoms. The third kappa shape index (κ3) is 2.44. The molecule has 1 saturated carbocycles. The minimum atomic E-state index is 0.755. The average Bonchev–Trinajstić information content (AvgIpc) is 2.99. The number of rotatable bonds is 4. The number of hydrogen-bond donors (Lipinski definition) is 1. The van der Waals surface area contributed by atoms with Gasteiger partial charge in [-0.3, -0.25) is 0 Å². The summed E-state index contributed by atoms with van der Waals surface area (Å²) < 4.78 is 5.55. The standard InChI is InChI=1S/C11H21NO/c1-2-12-11(9-5-6-9)10-4-3-7-13-8-10/h9-12H,2-8H2,1H3. The molecule has 0 spiro atoms. The van der Waals surface area contributed by atoms with E-state index in [0.717, 1.165) is 37.6 Å². The van der Waals surface area contributed by atoms with E-state index in [9.17, 15) is 0 Å². The number of ether oxygens (including phenoxy) is 1. The van der Waals surface area contributed by atoms with Crippen molar-refractivity contribution in [1.82, 2.24) is 5.32 Å². The van der Waals surface area contributed by atoms with Crippen molar-refractivity contribution in [3.8, 4) is 0 Å². The molecule has 0 aromatic heterocycles. The summed E-state index contributed by atoms with van der Waals surface area (Å²) in [5, 5.41) is 3.63. The smallest absolute Gasteiger partial charge is 0.0509 e. The third-order valence-electron chi connectivity index (χ3n) is 3.27. The molecule has 2 rings (SSSR count). The normalized spacial score (nSPS) is 31.6. The van der Waals surface area contributed by atoms with Gasteiger partial charge in [-0.25, -0.2) is 0 Å². The van der Waals surface area contributed by atoms with Gasteiger partial charge in [-0.2, -0.15) is 0 Å². The van der Waals surface area contributed by atoms with Gasteiger partial charge < -0.3 is 10.1 Å². The van der Waals surface area contributed by atoms with Crippen LogP contribution in [-0.4, -0.2) is 25.8 Å². The Balaban J connectivity index is 1.84. The van der Waals surface area contributed by atoms with Crippen molar-refractivity contribution >= 4 is 0 Å². The van der Waals surface area contributed by atoms with E-state index in [2.05, 4.69) is 12.2 Å². The molecule has 2 atom stereocenters. The molecule has 1 heterocycles. The van der Waals surface area contributed by atoms with Crippen molar-refractivity contribution in [1.29, 1.82) is 0 Å². The van der Waals surface area contributed by atoms with Gasteiger partial charge in [0.25, 0.3) is 0 Å². The second-order valence-electron chi connectivity index (χ2n) is 4.40. The van der Waals surface area contributed by atoms with Gasteiger partial charge in [0.05, 0.1) is 6.61 Å². The molecule has 2 fully saturated rings. The maximum absolute atomic E-state index is 5.55. The van der Waals surface area contributed by atoms with Crippen molar-refractivity contribution < 1.29 is 4.74 Å². The van der Waals surface area contributed by atoms with Gasteiger partial charge in [-0.1, -0.05) is 6.92 Å². The molecule has 0 aromatic carbocycles. The Morgan fingerprint density at radius 1 is 1.31 bits per heavy atom. The third-order valence-corrected chi connectivity index (χ3v) is 3.27. The van der Waals surface area contributed by atoms with Crippen LogP contribution in [0.2, 0.25) is 0 Å². The van der Waals surface area contributed by atoms with Crippen LogP contribution in [-0.2, 0) is 4.74 Å². The number of hydrogen-bond acceptors (Lipinski definition) is 2.